The summed E-state index contributed by atoms with van der Waals surface area (Å²) < 4.78 is 14.0. The van der Waals surface area contributed by atoms with Gasteiger partial charge in [0.1, 0.15) is 5.82 Å². The maximum atomic E-state index is 14.0. The molecule has 0 fully saturated rings. The van der Waals surface area contributed by atoms with Gasteiger partial charge < -0.3 is 5.32 Å². The van der Waals surface area contributed by atoms with E-state index in [-0.39, 0.29) is 5.82 Å². The lowest BCUT2D eigenvalue weighted by atomic mass is 10.0. The third kappa shape index (κ3) is 2.50. The minimum absolute atomic E-state index is 0.188. The van der Waals surface area contributed by atoms with Crippen molar-refractivity contribution < 1.29 is 4.39 Å². The SMILES string of the molecule is CNCc1ccc(-c2ccncc2C)c(F)c1. The van der Waals surface area contributed by atoms with Gasteiger partial charge in [0, 0.05) is 24.5 Å². The Kier molecular flexibility index (Phi) is 3.49. The van der Waals surface area contributed by atoms with Gasteiger partial charge in [-0.2, -0.15) is 0 Å². The van der Waals surface area contributed by atoms with Crippen LogP contribution >= 0.6 is 0 Å². The fourth-order valence-electron chi connectivity index (χ4n) is 1.87. The van der Waals surface area contributed by atoms with Crippen molar-refractivity contribution in [1.82, 2.24) is 10.3 Å². The molecular weight excluding hydrogens is 215 g/mol. The van der Waals surface area contributed by atoms with Gasteiger partial charge in [0.2, 0.25) is 0 Å². The van der Waals surface area contributed by atoms with Crippen molar-refractivity contribution in [1.29, 1.82) is 0 Å². The number of nitrogens with zero attached hydrogens (tertiary/aromatic N) is 1. The highest BCUT2D eigenvalue weighted by molar-refractivity contribution is 5.67. The highest BCUT2D eigenvalue weighted by Crippen LogP contribution is 2.25. The maximum Gasteiger partial charge on any atom is 0.131 e. The normalized spacial score (nSPS) is 10.5. The molecule has 0 bridgehead atoms. The summed E-state index contributed by atoms with van der Waals surface area (Å²) in [5, 5.41) is 3.01. The van der Waals surface area contributed by atoms with Crippen molar-refractivity contribution in [2.24, 2.45) is 0 Å². The lowest BCUT2D eigenvalue weighted by Gasteiger charge is -2.08. The smallest absolute Gasteiger partial charge is 0.131 e. The van der Waals surface area contributed by atoms with Gasteiger partial charge in [-0.3, -0.25) is 4.98 Å². The highest BCUT2D eigenvalue weighted by Gasteiger charge is 2.08. The molecule has 2 nitrogen and oxygen atoms in total. The van der Waals surface area contributed by atoms with E-state index in [1.165, 1.54) is 0 Å². The average Bonchev–Trinajstić information content (AvgIpc) is 2.31. The van der Waals surface area contributed by atoms with Crippen LogP contribution in [-0.2, 0) is 6.54 Å². The molecule has 3 heteroatoms. The van der Waals surface area contributed by atoms with Gasteiger partial charge in [-0.15, -0.1) is 0 Å². The molecular formula is C14H15FN2. The minimum Gasteiger partial charge on any atom is -0.316 e. The molecule has 2 aromatic rings. The first-order chi connectivity index (χ1) is 8.22. The predicted molar refractivity (Wildman–Crippen MR) is 67.1 cm³/mol. The lowest BCUT2D eigenvalue weighted by Crippen LogP contribution is -2.05. The monoisotopic (exact) mass is 230 g/mol. The Balaban J connectivity index is 2.44. The van der Waals surface area contributed by atoms with Crippen LogP contribution in [0.15, 0.2) is 36.7 Å². The van der Waals surface area contributed by atoms with Crippen LogP contribution in [0.1, 0.15) is 11.1 Å². The second-order valence-electron chi connectivity index (χ2n) is 4.04. The summed E-state index contributed by atoms with van der Waals surface area (Å²) in [5.41, 5.74) is 3.45. The topological polar surface area (TPSA) is 24.9 Å². The van der Waals surface area contributed by atoms with Gasteiger partial charge in [0.15, 0.2) is 0 Å². The average molecular weight is 230 g/mol. The zero-order valence-electron chi connectivity index (χ0n) is 10.00. The van der Waals surface area contributed by atoms with Crippen molar-refractivity contribution in [2.45, 2.75) is 13.5 Å². The van der Waals surface area contributed by atoms with E-state index < -0.39 is 0 Å². The first-order valence-corrected chi connectivity index (χ1v) is 5.56. The fraction of sp³-hybridized carbons (Fsp3) is 0.214. The lowest BCUT2D eigenvalue weighted by molar-refractivity contribution is 0.627. The number of halogens is 1. The molecule has 0 atom stereocenters. The van der Waals surface area contributed by atoms with Crippen LogP contribution in [0, 0.1) is 12.7 Å². The molecule has 0 radical (unpaired) electrons. The van der Waals surface area contributed by atoms with E-state index in [1.54, 1.807) is 18.5 Å². The maximum absolute atomic E-state index is 14.0. The third-order valence-electron chi connectivity index (χ3n) is 2.72. The van der Waals surface area contributed by atoms with E-state index in [0.717, 1.165) is 16.7 Å². The number of hydrogen-bond donors (Lipinski definition) is 1. The van der Waals surface area contributed by atoms with Crippen LogP contribution in [-0.4, -0.2) is 12.0 Å². The standard InChI is InChI=1S/C14H15FN2/c1-10-8-17-6-5-12(10)13-4-3-11(9-16-2)7-14(13)15/h3-8,16H,9H2,1-2H3. The molecule has 0 unspecified atom stereocenters. The summed E-state index contributed by atoms with van der Waals surface area (Å²) in [5.74, 6) is -0.188. The quantitative estimate of drug-likeness (QED) is 0.877. The van der Waals surface area contributed by atoms with E-state index in [2.05, 4.69) is 10.3 Å². The predicted octanol–water partition coefficient (Wildman–Crippen LogP) is 2.92. The van der Waals surface area contributed by atoms with E-state index in [9.17, 15) is 4.39 Å². The third-order valence-corrected chi connectivity index (χ3v) is 2.72. The van der Waals surface area contributed by atoms with Crippen molar-refractivity contribution in [2.75, 3.05) is 7.05 Å². The van der Waals surface area contributed by atoms with E-state index in [4.69, 9.17) is 0 Å². The summed E-state index contributed by atoms with van der Waals surface area (Å²) in [4.78, 5) is 4.01. The number of aryl methyl sites for hydroxylation is 1. The second-order valence-corrected chi connectivity index (χ2v) is 4.04. The number of benzene rings is 1. The Morgan fingerprint density at radius 1 is 1.24 bits per heavy atom. The number of aromatic nitrogens is 1. The molecule has 0 aliphatic carbocycles. The molecule has 17 heavy (non-hydrogen) atoms. The van der Waals surface area contributed by atoms with E-state index in [1.807, 2.05) is 32.2 Å². The molecule has 0 aliphatic rings. The Morgan fingerprint density at radius 3 is 2.71 bits per heavy atom. The summed E-state index contributed by atoms with van der Waals surface area (Å²) in [6.45, 7) is 2.61. The summed E-state index contributed by atoms with van der Waals surface area (Å²) in [6.07, 6.45) is 3.43. The molecule has 0 saturated heterocycles. The van der Waals surface area contributed by atoms with Crippen LogP contribution in [0.2, 0.25) is 0 Å². The van der Waals surface area contributed by atoms with Gasteiger partial charge in [0.05, 0.1) is 0 Å². The number of rotatable bonds is 3. The van der Waals surface area contributed by atoms with Gasteiger partial charge in [0.25, 0.3) is 0 Å². The second kappa shape index (κ2) is 5.06. The van der Waals surface area contributed by atoms with E-state index in [0.29, 0.717) is 12.1 Å². The number of nitrogens with one attached hydrogen (secondary N) is 1. The molecule has 88 valence electrons. The fourth-order valence-corrected chi connectivity index (χ4v) is 1.87. The van der Waals surface area contributed by atoms with Crippen LogP contribution in [0.5, 0.6) is 0 Å². The molecule has 1 aromatic carbocycles. The Labute approximate surface area is 101 Å². The molecule has 1 N–H and O–H groups in total. The molecule has 0 spiro atoms. The Hall–Kier alpha value is -1.74. The largest absolute Gasteiger partial charge is 0.316 e. The molecule has 1 aromatic heterocycles. The van der Waals surface area contributed by atoms with Crippen LogP contribution in [0.4, 0.5) is 4.39 Å². The zero-order chi connectivity index (χ0) is 12.3. The van der Waals surface area contributed by atoms with Crippen molar-refractivity contribution in [3.05, 3.63) is 53.6 Å². The van der Waals surface area contributed by atoms with Gasteiger partial charge in [-0.25, -0.2) is 4.39 Å². The zero-order valence-corrected chi connectivity index (χ0v) is 10.00. The van der Waals surface area contributed by atoms with Gasteiger partial charge >= 0.3 is 0 Å². The van der Waals surface area contributed by atoms with Crippen molar-refractivity contribution >= 4 is 0 Å². The van der Waals surface area contributed by atoms with Gasteiger partial charge in [-0.05, 0) is 42.8 Å². The molecule has 0 aliphatic heterocycles. The number of hydrogen-bond acceptors (Lipinski definition) is 2. The summed E-state index contributed by atoms with van der Waals surface area (Å²) >= 11 is 0. The van der Waals surface area contributed by atoms with Crippen LogP contribution in [0.3, 0.4) is 0 Å². The minimum atomic E-state index is -0.188. The first kappa shape index (κ1) is 11.7. The van der Waals surface area contributed by atoms with Crippen molar-refractivity contribution in [3.8, 4) is 11.1 Å². The molecule has 1 heterocycles. The first-order valence-electron chi connectivity index (χ1n) is 5.56. The molecule has 0 saturated carbocycles. The van der Waals surface area contributed by atoms with Gasteiger partial charge in [-0.1, -0.05) is 12.1 Å². The molecule has 0 amide bonds. The Morgan fingerprint density at radius 2 is 2.06 bits per heavy atom. The van der Waals surface area contributed by atoms with Crippen molar-refractivity contribution in [3.63, 3.8) is 0 Å². The van der Waals surface area contributed by atoms with E-state index >= 15 is 0 Å². The van der Waals surface area contributed by atoms with Crippen LogP contribution < -0.4 is 5.32 Å². The highest BCUT2D eigenvalue weighted by atomic mass is 19.1. The number of pyridine rings is 1. The molecule has 2 rings (SSSR count). The summed E-state index contributed by atoms with van der Waals surface area (Å²) in [7, 11) is 1.85. The summed E-state index contributed by atoms with van der Waals surface area (Å²) in [6, 6.07) is 7.18. The van der Waals surface area contributed by atoms with Crippen LogP contribution in [0.25, 0.3) is 11.1 Å². The Bertz CT molecular complexity index is 523.